The molecule has 0 aliphatic carbocycles. The van der Waals surface area contributed by atoms with Crippen LogP contribution in [0.2, 0.25) is 0 Å². The minimum atomic E-state index is -0.458. The lowest BCUT2D eigenvalue weighted by Gasteiger charge is -2.07. The smallest absolute Gasteiger partial charge is 0.270 e. The fourth-order valence-electron chi connectivity index (χ4n) is 2.31. The van der Waals surface area contributed by atoms with Gasteiger partial charge in [0.15, 0.2) is 5.82 Å². The number of carbonyl (C=O) groups is 1. The van der Waals surface area contributed by atoms with Crippen LogP contribution in [0.25, 0.3) is 11.3 Å². The van der Waals surface area contributed by atoms with E-state index in [-0.39, 0.29) is 11.6 Å². The maximum Gasteiger partial charge on any atom is 0.270 e. The molecule has 0 spiro atoms. The second kappa shape index (κ2) is 5.94. The summed E-state index contributed by atoms with van der Waals surface area (Å²) in [5.41, 5.74) is 1.21. The molecule has 0 bridgehead atoms. The number of anilines is 1. The van der Waals surface area contributed by atoms with Crippen molar-refractivity contribution in [1.82, 2.24) is 10.2 Å². The molecule has 1 aliphatic rings. The molecule has 114 valence electrons. The Morgan fingerprint density at radius 3 is 3.05 bits per heavy atom. The van der Waals surface area contributed by atoms with Crippen LogP contribution < -0.4 is 5.32 Å². The molecule has 2 heterocycles. The van der Waals surface area contributed by atoms with Gasteiger partial charge in [0.2, 0.25) is 0 Å². The number of nitro groups is 1. The second-order valence-corrected chi connectivity index (χ2v) is 4.97. The van der Waals surface area contributed by atoms with Crippen molar-refractivity contribution in [3.05, 3.63) is 40.4 Å². The highest BCUT2D eigenvalue weighted by Crippen LogP contribution is 2.24. The van der Waals surface area contributed by atoms with E-state index in [0.717, 1.165) is 6.42 Å². The Hall–Kier alpha value is -2.74. The first kappa shape index (κ1) is 14.2. The maximum absolute atomic E-state index is 11.9. The van der Waals surface area contributed by atoms with Gasteiger partial charge in [0.1, 0.15) is 6.10 Å². The number of nitrogens with one attached hydrogen (secondary N) is 2. The monoisotopic (exact) mass is 302 g/mol. The van der Waals surface area contributed by atoms with E-state index in [1.807, 2.05) is 0 Å². The van der Waals surface area contributed by atoms with E-state index in [1.165, 1.54) is 12.1 Å². The summed E-state index contributed by atoms with van der Waals surface area (Å²) in [5.74, 6) is 0.136. The van der Waals surface area contributed by atoms with E-state index in [1.54, 1.807) is 18.2 Å². The zero-order valence-electron chi connectivity index (χ0n) is 11.6. The van der Waals surface area contributed by atoms with Gasteiger partial charge in [-0.05, 0) is 12.8 Å². The van der Waals surface area contributed by atoms with Crippen molar-refractivity contribution in [1.29, 1.82) is 0 Å². The number of aromatic nitrogens is 2. The Labute approximate surface area is 125 Å². The number of rotatable bonds is 4. The number of H-pyrrole nitrogens is 1. The summed E-state index contributed by atoms with van der Waals surface area (Å²) in [6.45, 7) is 0.595. The Bertz CT molecular complexity index is 706. The van der Waals surface area contributed by atoms with Gasteiger partial charge in [0.05, 0.1) is 10.6 Å². The molecule has 1 aromatic carbocycles. The number of non-ortho nitro benzene ring substituents is 1. The largest absolute Gasteiger partial charge is 0.368 e. The fourth-order valence-corrected chi connectivity index (χ4v) is 2.31. The fraction of sp³-hybridized carbons (Fsp3) is 0.286. The quantitative estimate of drug-likeness (QED) is 0.663. The Morgan fingerprint density at radius 2 is 2.32 bits per heavy atom. The van der Waals surface area contributed by atoms with E-state index in [0.29, 0.717) is 30.1 Å². The van der Waals surface area contributed by atoms with Gasteiger partial charge in [0.25, 0.3) is 11.6 Å². The minimum Gasteiger partial charge on any atom is -0.368 e. The van der Waals surface area contributed by atoms with E-state index < -0.39 is 11.0 Å². The predicted molar refractivity (Wildman–Crippen MR) is 78.3 cm³/mol. The molecular formula is C14H14N4O4. The molecule has 22 heavy (non-hydrogen) atoms. The maximum atomic E-state index is 11.9. The highest BCUT2D eigenvalue weighted by Gasteiger charge is 2.24. The van der Waals surface area contributed by atoms with Crippen LogP contribution in [0, 0.1) is 10.1 Å². The summed E-state index contributed by atoms with van der Waals surface area (Å²) in [6.07, 6.45) is 1.14. The highest BCUT2D eigenvalue weighted by molar-refractivity contribution is 5.93. The SMILES string of the molecule is O=C(Nc1cc(-c2cccc([N+](=O)[O-])c2)[nH]n1)C1CCCO1. The number of carbonyl (C=O) groups excluding carboxylic acids is 1. The van der Waals surface area contributed by atoms with Crippen LogP contribution in [-0.2, 0) is 9.53 Å². The highest BCUT2D eigenvalue weighted by atomic mass is 16.6. The van der Waals surface area contributed by atoms with Gasteiger partial charge in [-0.3, -0.25) is 20.0 Å². The van der Waals surface area contributed by atoms with E-state index >= 15 is 0 Å². The standard InChI is InChI=1S/C14H14N4O4/c19-14(12-5-2-6-22-12)15-13-8-11(16-17-13)9-3-1-4-10(7-9)18(20)21/h1,3-4,7-8,12H,2,5-6H2,(H2,15,16,17,19). The molecule has 1 saturated heterocycles. The van der Waals surface area contributed by atoms with Crippen LogP contribution in [0.4, 0.5) is 11.5 Å². The van der Waals surface area contributed by atoms with Crippen LogP contribution in [0.15, 0.2) is 30.3 Å². The van der Waals surface area contributed by atoms with E-state index in [4.69, 9.17) is 4.74 Å². The number of benzene rings is 1. The van der Waals surface area contributed by atoms with Crippen LogP contribution in [-0.4, -0.2) is 33.7 Å². The summed E-state index contributed by atoms with van der Waals surface area (Å²) < 4.78 is 5.30. The topological polar surface area (TPSA) is 110 Å². The molecule has 2 N–H and O–H groups in total. The summed E-state index contributed by atoms with van der Waals surface area (Å²) in [4.78, 5) is 22.3. The molecule has 1 fully saturated rings. The molecular weight excluding hydrogens is 288 g/mol. The molecule has 1 atom stereocenters. The summed E-state index contributed by atoms with van der Waals surface area (Å²) >= 11 is 0. The Morgan fingerprint density at radius 1 is 1.45 bits per heavy atom. The van der Waals surface area contributed by atoms with Gasteiger partial charge in [-0.15, -0.1) is 0 Å². The van der Waals surface area contributed by atoms with Gasteiger partial charge in [-0.2, -0.15) is 5.10 Å². The molecule has 8 nitrogen and oxygen atoms in total. The van der Waals surface area contributed by atoms with Crippen molar-refractivity contribution in [3.8, 4) is 11.3 Å². The van der Waals surface area contributed by atoms with Crippen molar-refractivity contribution in [2.24, 2.45) is 0 Å². The molecule has 2 aromatic rings. The first-order chi connectivity index (χ1) is 10.6. The van der Waals surface area contributed by atoms with Gasteiger partial charge < -0.3 is 10.1 Å². The van der Waals surface area contributed by atoms with Gasteiger partial charge in [0, 0.05) is 30.4 Å². The number of nitrogens with zero attached hydrogens (tertiary/aromatic N) is 2. The molecule has 1 amide bonds. The predicted octanol–water partition coefficient (Wildman–Crippen LogP) is 2.10. The minimum absolute atomic E-state index is 0.00274. The summed E-state index contributed by atoms with van der Waals surface area (Å²) in [5, 5.41) is 20.2. The molecule has 1 unspecified atom stereocenters. The zero-order valence-corrected chi connectivity index (χ0v) is 11.6. The first-order valence-corrected chi connectivity index (χ1v) is 6.86. The van der Waals surface area contributed by atoms with Crippen LogP contribution >= 0.6 is 0 Å². The third-order valence-electron chi connectivity index (χ3n) is 3.42. The van der Waals surface area contributed by atoms with Crippen LogP contribution in [0.3, 0.4) is 0 Å². The van der Waals surface area contributed by atoms with Crippen molar-refractivity contribution in [2.45, 2.75) is 18.9 Å². The molecule has 1 aromatic heterocycles. The summed E-state index contributed by atoms with van der Waals surface area (Å²) in [6, 6.07) is 7.82. The van der Waals surface area contributed by atoms with Crippen LogP contribution in [0.1, 0.15) is 12.8 Å². The Balaban J connectivity index is 1.74. The van der Waals surface area contributed by atoms with Crippen molar-refractivity contribution in [2.75, 3.05) is 11.9 Å². The average Bonchev–Trinajstić information content (AvgIpc) is 3.19. The van der Waals surface area contributed by atoms with E-state index in [9.17, 15) is 14.9 Å². The third kappa shape index (κ3) is 2.96. The number of aromatic amines is 1. The molecule has 8 heteroatoms. The molecule has 0 saturated carbocycles. The number of amides is 1. The second-order valence-electron chi connectivity index (χ2n) is 4.97. The molecule has 1 aliphatic heterocycles. The first-order valence-electron chi connectivity index (χ1n) is 6.86. The summed E-state index contributed by atoms with van der Waals surface area (Å²) in [7, 11) is 0. The lowest BCUT2D eigenvalue weighted by molar-refractivity contribution is -0.384. The number of nitro benzene ring substituents is 1. The molecule has 3 rings (SSSR count). The average molecular weight is 302 g/mol. The zero-order chi connectivity index (χ0) is 15.5. The van der Waals surface area contributed by atoms with Crippen molar-refractivity contribution < 1.29 is 14.5 Å². The van der Waals surface area contributed by atoms with Crippen molar-refractivity contribution in [3.63, 3.8) is 0 Å². The van der Waals surface area contributed by atoms with Crippen molar-refractivity contribution >= 4 is 17.4 Å². The number of ether oxygens (including phenoxy) is 1. The molecule has 0 radical (unpaired) electrons. The van der Waals surface area contributed by atoms with Gasteiger partial charge in [-0.1, -0.05) is 12.1 Å². The van der Waals surface area contributed by atoms with Gasteiger partial charge in [-0.25, -0.2) is 0 Å². The third-order valence-corrected chi connectivity index (χ3v) is 3.42. The Kier molecular flexibility index (Phi) is 3.84. The van der Waals surface area contributed by atoms with E-state index in [2.05, 4.69) is 15.5 Å². The lowest BCUT2D eigenvalue weighted by Crippen LogP contribution is -2.26. The normalized spacial score (nSPS) is 17.4. The number of hydrogen-bond donors (Lipinski definition) is 2. The lowest BCUT2D eigenvalue weighted by atomic mass is 10.1. The van der Waals surface area contributed by atoms with Crippen LogP contribution in [0.5, 0.6) is 0 Å². The number of hydrogen-bond acceptors (Lipinski definition) is 5. The van der Waals surface area contributed by atoms with Gasteiger partial charge >= 0.3 is 0 Å².